The monoisotopic (exact) mass is 235 g/mol. The molecule has 3 atom stereocenters. The van der Waals surface area contributed by atoms with Gasteiger partial charge in [0.25, 0.3) is 0 Å². The minimum Gasteiger partial charge on any atom is -0.394 e. The topological polar surface area (TPSA) is 80.4 Å². The normalized spacial score (nSPS) is 28.9. The molecule has 0 amide bonds. The van der Waals surface area contributed by atoms with Crippen molar-refractivity contribution in [2.24, 2.45) is 0 Å². The molecule has 0 radical (unpaired) electrons. The Morgan fingerprint density at radius 3 is 2.47 bits per heavy atom. The van der Waals surface area contributed by atoms with E-state index in [0.717, 1.165) is 11.0 Å². The molecular weight excluding hydrogens is 222 g/mol. The molecule has 0 saturated carbocycles. The van der Waals surface area contributed by atoms with Gasteiger partial charge in [0.2, 0.25) is 0 Å². The number of aliphatic hydroxyl groups is 2. The van der Waals surface area contributed by atoms with E-state index in [1.807, 2.05) is 24.3 Å². The van der Waals surface area contributed by atoms with Crippen LogP contribution < -0.4 is 0 Å². The fourth-order valence-corrected chi connectivity index (χ4v) is 2.03. The highest BCUT2D eigenvalue weighted by Gasteiger charge is 2.35. The average Bonchev–Trinajstić information content (AvgIpc) is 2.91. The van der Waals surface area contributed by atoms with E-state index in [4.69, 9.17) is 9.84 Å². The van der Waals surface area contributed by atoms with Crippen LogP contribution in [0.2, 0.25) is 0 Å². The molecule has 2 aromatic rings. The Morgan fingerprint density at radius 2 is 1.94 bits per heavy atom. The van der Waals surface area contributed by atoms with E-state index in [-0.39, 0.29) is 6.61 Å². The lowest BCUT2D eigenvalue weighted by Crippen LogP contribution is -2.24. The molecule has 0 unspecified atom stereocenters. The van der Waals surface area contributed by atoms with Crippen molar-refractivity contribution in [1.29, 1.82) is 0 Å². The van der Waals surface area contributed by atoms with Gasteiger partial charge in [-0.3, -0.25) is 0 Å². The highest BCUT2D eigenvalue weighted by atomic mass is 16.5. The second-order valence-electron chi connectivity index (χ2n) is 4.12. The van der Waals surface area contributed by atoms with Crippen molar-refractivity contribution in [2.75, 3.05) is 6.61 Å². The molecule has 2 N–H and O–H groups in total. The second kappa shape index (κ2) is 4.06. The quantitative estimate of drug-likeness (QED) is 0.770. The molecule has 1 aliphatic heterocycles. The number of fused-ring (bicyclic) bond motifs is 1. The summed E-state index contributed by atoms with van der Waals surface area (Å²) in [4.78, 5) is 1.46. The summed E-state index contributed by atoms with van der Waals surface area (Å²) in [5.74, 6) is 0. The van der Waals surface area contributed by atoms with Crippen LogP contribution >= 0.6 is 0 Å². The maximum atomic E-state index is 9.64. The molecule has 1 aromatic carbocycles. The van der Waals surface area contributed by atoms with Crippen LogP contribution in [-0.2, 0) is 4.74 Å². The van der Waals surface area contributed by atoms with Crippen molar-refractivity contribution >= 4 is 11.0 Å². The van der Waals surface area contributed by atoms with Crippen molar-refractivity contribution in [2.45, 2.75) is 24.9 Å². The molecule has 90 valence electrons. The Balaban J connectivity index is 1.89. The zero-order valence-electron chi connectivity index (χ0n) is 9.10. The molecule has 0 bridgehead atoms. The zero-order valence-corrected chi connectivity index (χ0v) is 9.10. The molecular formula is C11H13N3O3. The predicted octanol–water partition coefficient (Wildman–Crippen LogP) is 0.0720. The summed E-state index contributed by atoms with van der Waals surface area (Å²) in [6.45, 7) is -0.196. The molecule has 2 heterocycles. The van der Waals surface area contributed by atoms with E-state index in [2.05, 4.69) is 10.2 Å². The molecule has 17 heavy (non-hydrogen) atoms. The largest absolute Gasteiger partial charge is 0.394 e. The third-order valence-electron chi connectivity index (χ3n) is 2.94. The SMILES string of the molecule is OC[C@H]1O[C@@H](n2nc3ccccc3n2)C[C@@H]1O. The molecule has 6 heteroatoms. The van der Waals surface area contributed by atoms with E-state index in [1.165, 1.54) is 4.80 Å². The number of hydrogen-bond acceptors (Lipinski definition) is 5. The third-order valence-corrected chi connectivity index (χ3v) is 2.94. The van der Waals surface area contributed by atoms with Crippen molar-refractivity contribution in [3.63, 3.8) is 0 Å². The summed E-state index contributed by atoms with van der Waals surface area (Å²) >= 11 is 0. The van der Waals surface area contributed by atoms with Gasteiger partial charge in [-0.25, -0.2) is 0 Å². The number of nitrogens with zero attached hydrogens (tertiary/aromatic N) is 3. The fourth-order valence-electron chi connectivity index (χ4n) is 2.03. The van der Waals surface area contributed by atoms with Gasteiger partial charge in [-0.05, 0) is 12.1 Å². The van der Waals surface area contributed by atoms with E-state index in [9.17, 15) is 5.11 Å². The number of ether oxygens (including phenoxy) is 1. The second-order valence-corrected chi connectivity index (χ2v) is 4.12. The lowest BCUT2D eigenvalue weighted by molar-refractivity contribution is -0.0529. The van der Waals surface area contributed by atoms with E-state index in [1.54, 1.807) is 0 Å². The van der Waals surface area contributed by atoms with Crippen LogP contribution in [0.25, 0.3) is 11.0 Å². The van der Waals surface area contributed by atoms with Crippen LogP contribution in [0.4, 0.5) is 0 Å². The third kappa shape index (κ3) is 1.80. The highest BCUT2D eigenvalue weighted by Crippen LogP contribution is 2.27. The lowest BCUT2D eigenvalue weighted by Gasteiger charge is -2.10. The minimum absolute atomic E-state index is 0.196. The Labute approximate surface area is 97.4 Å². The summed E-state index contributed by atoms with van der Waals surface area (Å²) in [6, 6.07) is 7.52. The van der Waals surface area contributed by atoms with E-state index in [0.29, 0.717) is 6.42 Å². The Kier molecular flexibility index (Phi) is 2.54. The Hall–Kier alpha value is -1.50. The Morgan fingerprint density at radius 1 is 1.29 bits per heavy atom. The molecule has 3 rings (SSSR count). The Bertz CT molecular complexity index is 494. The first-order chi connectivity index (χ1) is 8.28. The van der Waals surface area contributed by atoms with Crippen molar-refractivity contribution in [3.05, 3.63) is 24.3 Å². The van der Waals surface area contributed by atoms with Gasteiger partial charge in [0.05, 0.1) is 12.7 Å². The molecule has 1 saturated heterocycles. The molecule has 0 aliphatic carbocycles. The number of benzene rings is 1. The maximum absolute atomic E-state index is 9.64. The minimum atomic E-state index is -0.667. The lowest BCUT2D eigenvalue weighted by atomic mass is 10.2. The van der Waals surface area contributed by atoms with Crippen LogP contribution in [0.15, 0.2) is 24.3 Å². The first-order valence-electron chi connectivity index (χ1n) is 5.54. The zero-order chi connectivity index (χ0) is 11.8. The van der Waals surface area contributed by atoms with Crippen LogP contribution in [0.1, 0.15) is 12.6 Å². The summed E-state index contributed by atoms with van der Waals surface area (Å²) in [5.41, 5.74) is 1.58. The number of aliphatic hydroxyl groups excluding tert-OH is 2. The highest BCUT2D eigenvalue weighted by molar-refractivity contribution is 5.72. The first-order valence-corrected chi connectivity index (χ1v) is 5.54. The number of hydrogen-bond donors (Lipinski definition) is 2. The fraction of sp³-hybridized carbons (Fsp3) is 0.455. The molecule has 1 aromatic heterocycles. The van der Waals surface area contributed by atoms with Crippen molar-refractivity contribution < 1.29 is 14.9 Å². The molecule has 0 spiro atoms. The van der Waals surface area contributed by atoms with Crippen molar-refractivity contribution in [3.8, 4) is 0 Å². The number of aromatic nitrogens is 3. The van der Waals surface area contributed by atoms with Gasteiger partial charge in [0.1, 0.15) is 17.1 Å². The van der Waals surface area contributed by atoms with Gasteiger partial charge in [-0.15, -0.1) is 0 Å². The summed E-state index contributed by atoms with van der Waals surface area (Å²) in [5, 5.41) is 27.2. The van der Waals surface area contributed by atoms with Crippen molar-refractivity contribution in [1.82, 2.24) is 15.0 Å². The van der Waals surface area contributed by atoms with Crippen LogP contribution in [0.3, 0.4) is 0 Å². The first kappa shape index (κ1) is 10.6. The number of rotatable bonds is 2. The average molecular weight is 235 g/mol. The summed E-state index contributed by atoms with van der Waals surface area (Å²) in [7, 11) is 0. The predicted molar refractivity (Wildman–Crippen MR) is 59.1 cm³/mol. The van der Waals surface area contributed by atoms with Gasteiger partial charge in [-0.1, -0.05) is 12.1 Å². The maximum Gasteiger partial charge on any atom is 0.172 e. The van der Waals surface area contributed by atoms with Crippen LogP contribution in [-0.4, -0.2) is 44.0 Å². The van der Waals surface area contributed by atoms with Gasteiger partial charge in [0, 0.05) is 6.42 Å². The standard InChI is InChI=1S/C11H13N3O3/c15-6-10-9(16)5-11(17-10)14-12-7-3-1-2-4-8(7)13-14/h1-4,9-11,15-16H,5-6H2/t9-,10+,11+/m0/s1. The molecule has 6 nitrogen and oxygen atoms in total. The summed E-state index contributed by atoms with van der Waals surface area (Å²) in [6.07, 6.45) is -1.23. The van der Waals surface area contributed by atoms with Gasteiger partial charge in [-0.2, -0.15) is 15.0 Å². The molecule has 1 aliphatic rings. The van der Waals surface area contributed by atoms with E-state index >= 15 is 0 Å². The summed E-state index contributed by atoms with van der Waals surface area (Å²) < 4.78 is 5.48. The van der Waals surface area contributed by atoms with Gasteiger partial charge in [0.15, 0.2) is 6.23 Å². The van der Waals surface area contributed by atoms with Crippen LogP contribution in [0.5, 0.6) is 0 Å². The smallest absolute Gasteiger partial charge is 0.172 e. The van der Waals surface area contributed by atoms with Gasteiger partial charge >= 0.3 is 0 Å². The van der Waals surface area contributed by atoms with Gasteiger partial charge < -0.3 is 14.9 Å². The van der Waals surface area contributed by atoms with E-state index < -0.39 is 18.4 Å². The van der Waals surface area contributed by atoms with Crippen LogP contribution in [0, 0.1) is 0 Å². The molecule has 1 fully saturated rings.